The summed E-state index contributed by atoms with van der Waals surface area (Å²) in [5, 5.41) is 12.0. The van der Waals surface area contributed by atoms with Gasteiger partial charge < -0.3 is 19.9 Å². The third-order valence-electron chi connectivity index (χ3n) is 5.09. The Bertz CT molecular complexity index is 1360. The van der Waals surface area contributed by atoms with E-state index in [4.69, 9.17) is 26.2 Å². The molecule has 0 spiro atoms. The molecule has 8 nitrogen and oxygen atoms in total. The van der Waals surface area contributed by atoms with E-state index < -0.39 is 17.9 Å². The van der Waals surface area contributed by atoms with Crippen LogP contribution < -0.4 is 19.7 Å². The molecule has 3 aromatic rings. The van der Waals surface area contributed by atoms with Crippen molar-refractivity contribution in [2.45, 2.75) is 6.61 Å². The van der Waals surface area contributed by atoms with E-state index in [-0.39, 0.29) is 17.9 Å². The first kappa shape index (κ1) is 24.3. The van der Waals surface area contributed by atoms with Crippen LogP contribution in [0.25, 0.3) is 6.08 Å². The number of rotatable bonds is 7. The van der Waals surface area contributed by atoms with E-state index in [0.717, 1.165) is 10.5 Å². The molecule has 178 valence electrons. The van der Waals surface area contributed by atoms with Gasteiger partial charge in [-0.1, -0.05) is 29.8 Å². The van der Waals surface area contributed by atoms with Gasteiger partial charge in [0.1, 0.15) is 12.3 Å². The molecule has 10 heteroatoms. The second-order valence-electron chi connectivity index (χ2n) is 7.43. The molecule has 1 aliphatic heterocycles. The molecule has 3 aromatic carbocycles. The first-order valence-electron chi connectivity index (χ1n) is 10.2. The fraction of sp³-hybridized carbons (Fsp3) is 0.0800. The summed E-state index contributed by atoms with van der Waals surface area (Å²) in [5.74, 6) is -0.687. The average molecular weight is 558 g/mol. The fourth-order valence-corrected chi connectivity index (χ4v) is 4.17. The van der Waals surface area contributed by atoms with Crippen LogP contribution in [0.4, 0.5) is 10.5 Å². The Hall–Kier alpha value is -3.82. The van der Waals surface area contributed by atoms with Crippen LogP contribution >= 0.6 is 27.5 Å². The van der Waals surface area contributed by atoms with Gasteiger partial charge in [-0.25, -0.2) is 14.5 Å². The van der Waals surface area contributed by atoms with Gasteiger partial charge in [-0.05, 0) is 75.6 Å². The molecule has 0 bridgehead atoms. The summed E-state index contributed by atoms with van der Waals surface area (Å²) < 4.78 is 11.9. The molecule has 0 aromatic heterocycles. The second-order valence-corrected chi connectivity index (χ2v) is 8.72. The molecule has 1 heterocycles. The van der Waals surface area contributed by atoms with Crippen molar-refractivity contribution in [2.75, 3.05) is 12.0 Å². The van der Waals surface area contributed by atoms with Crippen LogP contribution in [-0.2, 0) is 11.4 Å². The Labute approximate surface area is 213 Å². The standard InChI is InChI=1S/C25H18BrClN2O6/c1-34-21-11-15(9-19(26)22(21)35-13-14-5-7-16(8-6-14)24(31)32)10-20-23(30)29(25(33)28-20)18-4-2-3-17(27)12-18/h2-12H,13H2,1H3,(H,28,33)(H,31,32)/b20-10+. The predicted octanol–water partition coefficient (Wildman–Crippen LogP) is 5.49. The Kier molecular flexibility index (Phi) is 7.09. The number of aromatic carboxylic acids is 1. The molecule has 4 rings (SSSR count). The molecule has 1 saturated heterocycles. The molecule has 1 fully saturated rings. The molecule has 0 unspecified atom stereocenters. The Morgan fingerprint density at radius 1 is 1.14 bits per heavy atom. The van der Waals surface area contributed by atoms with Crippen LogP contribution in [0, 0.1) is 0 Å². The van der Waals surface area contributed by atoms with Crippen LogP contribution in [-0.4, -0.2) is 30.1 Å². The summed E-state index contributed by atoms with van der Waals surface area (Å²) in [5.41, 5.74) is 2.00. The first-order valence-corrected chi connectivity index (χ1v) is 11.4. The minimum absolute atomic E-state index is 0.0936. The van der Waals surface area contributed by atoms with Gasteiger partial charge in [-0.15, -0.1) is 0 Å². The SMILES string of the molecule is COc1cc(/C=C2/NC(=O)N(c3cccc(Cl)c3)C2=O)cc(Br)c1OCc1ccc(C(=O)O)cc1. The second kappa shape index (κ2) is 10.2. The zero-order chi connectivity index (χ0) is 25.1. The Balaban J connectivity index is 1.55. The summed E-state index contributed by atoms with van der Waals surface area (Å²) in [6.07, 6.45) is 1.53. The van der Waals surface area contributed by atoms with Gasteiger partial charge in [0, 0.05) is 5.02 Å². The maximum absolute atomic E-state index is 12.9. The monoisotopic (exact) mass is 556 g/mol. The number of methoxy groups -OCH3 is 1. The lowest BCUT2D eigenvalue weighted by atomic mass is 10.1. The van der Waals surface area contributed by atoms with Crippen molar-refractivity contribution >= 4 is 57.2 Å². The zero-order valence-corrected chi connectivity index (χ0v) is 20.6. The van der Waals surface area contributed by atoms with Crippen molar-refractivity contribution in [3.63, 3.8) is 0 Å². The third kappa shape index (κ3) is 5.31. The number of ether oxygens (including phenoxy) is 2. The van der Waals surface area contributed by atoms with Crippen LogP contribution in [0.15, 0.2) is 70.8 Å². The maximum Gasteiger partial charge on any atom is 0.335 e. The first-order chi connectivity index (χ1) is 16.8. The number of nitrogens with zero attached hydrogens (tertiary/aromatic N) is 1. The molecule has 3 amide bonds. The lowest BCUT2D eigenvalue weighted by molar-refractivity contribution is -0.113. The number of halogens is 2. The highest BCUT2D eigenvalue weighted by Crippen LogP contribution is 2.38. The number of nitrogens with one attached hydrogen (secondary N) is 1. The normalized spacial score (nSPS) is 14.3. The van der Waals surface area contributed by atoms with Gasteiger partial charge in [0.15, 0.2) is 11.5 Å². The number of carboxylic acid groups (broad SMARTS) is 1. The lowest BCUT2D eigenvalue weighted by Crippen LogP contribution is -2.30. The molecule has 0 atom stereocenters. The lowest BCUT2D eigenvalue weighted by Gasteiger charge is -2.14. The number of amides is 3. The summed E-state index contributed by atoms with van der Waals surface area (Å²) in [7, 11) is 1.48. The van der Waals surface area contributed by atoms with Crippen molar-refractivity contribution in [2.24, 2.45) is 0 Å². The largest absolute Gasteiger partial charge is 0.493 e. The number of urea groups is 1. The summed E-state index contributed by atoms with van der Waals surface area (Å²) in [4.78, 5) is 37.4. The van der Waals surface area contributed by atoms with Gasteiger partial charge in [-0.2, -0.15) is 0 Å². The Morgan fingerprint density at radius 2 is 1.89 bits per heavy atom. The minimum atomic E-state index is -1.00. The highest BCUT2D eigenvalue weighted by Gasteiger charge is 2.35. The van der Waals surface area contributed by atoms with Crippen LogP contribution in [0.5, 0.6) is 11.5 Å². The van der Waals surface area contributed by atoms with Crippen molar-refractivity contribution in [3.05, 3.63) is 92.5 Å². The minimum Gasteiger partial charge on any atom is -0.493 e. The number of hydrogen-bond acceptors (Lipinski definition) is 5. The maximum atomic E-state index is 12.9. The highest BCUT2D eigenvalue weighted by atomic mass is 79.9. The smallest absolute Gasteiger partial charge is 0.335 e. The molecule has 0 radical (unpaired) electrons. The van der Waals surface area contributed by atoms with E-state index in [1.807, 2.05) is 0 Å². The molecule has 1 aliphatic rings. The predicted molar refractivity (Wildman–Crippen MR) is 134 cm³/mol. The number of carboxylic acids is 1. The van der Waals surface area contributed by atoms with E-state index in [2.05, 4.69) is 21.2 Å². The van der Waals surface area contributed by atoms with Crippen molar-refractivity contribution in [3.8, 4) is 11.5 Å². The molecular weight excluding hydrogens is 540 g/mol. The molecule has 0 aliphatic carbocycles. The number of carbonyl (C=O) groups excluding carboxylic acids is 2. The van der Waals surface area contributed by atoms with Crippen molar-refractivity contribution in [1.29, 1.82) is 0 Å². The molecule has 2 N–H and O–H groups in total. The number of anilines is 1. The molecule has 35 heavy (non-hydrogen) atoms. The van der Waals surface area contributed by atoms with E-state index >= 15 is 0 Å². The molecular formula is C25H18BrClN2O6. The number of carbonyl (C=O) groups is 3. The average Bonchev–Trinajstić information content (AvgIpc) is 3.10. The van der Waals surface area contributed by atoms with E-state index in [9.17, 15) is 14.4 Å². The van der Waals surface area contributed by atoms with Gasteiger partial charge in [0.05, 0.1) is 22.8 Å². The quantitative estimate of drug-likeness (QED) is 0.294. The summed E-state index contributed by atoms with van der Waals surface area (Å²) in [6, 6.07) is 15.6. The van der Waals surface area contributed by atoms with Gasteiger partial charge >= 0.3 is 12.0 Å². The van der Waals surface area contributed by atoms with E-state index in [0.29, 0.717) is 32.2 Å². The number of hydrogen-bond donors (Lipinski definition) is 2. The van der Waals surface area contributed by atoms with Gasteiger partial charge in [-0.3, -0.25) is 4.79 Å². The van der Waals surface area contributed by atoms with Crippen molar-refractivity contribution < 1.29 is 29.0 Å². The van der Waals surface area contributed by atoms with E-state index in [1.54, 1.807) is 42.5 Å². The van der Waals surface area contributed by atoms with Gasteiger partial charge in [0.25, 0.3) is 5.91 Å². The van der Waals surface area contributed by atoms with Crippen LogP contribution in [0.3, 0.4) is 0 Å². The van der Waals surface area contributed by atoms with Crippen molar-refractivity contribution in [1.82, 2.24) is 5.32 Å². The molecule has 0 saturated carbocycles. The zero-order valence-electron chi connectivity index (χ0n) is 18.2. The van der Waals surface area contributed by atoms with Crippen LogP contribution in [0.2, 0.25) is 5.02 Å². The van der Waals surface area contributed by atoms with E-state index in [1.165, 1.54) is 31.4 Å². The summed E-state index contributed by atoms with van der Waals surface area (Å²) in [6.45, 7) is 0.179. The summed E-state index contributed by atoms with van der Waals surface area (Å²) >= 11 is 9.46. The van der Waals surface area contributed by atoms with Crippen LogP contribution in [0.1, 0.15) is 21.5 Å². The third-order valence-corrected chi connectivity index (χ3v) is 5.92. The fourth-order valence-electron chi connectivity index (χ4n) is 3.41. The number of benzene rings is 3. The highest BCUT2D eigenvalue weighted by molar-refractivity contribution is 9.10. The Morgan fingerprint density at radius 3 is 2.54 bits per heavy atom. The number of imide groups is 1. The van der Waals surface area contributed by atoms with Gasteiger partial charge in [0.2, 0.25) is 0 Å². The topological polar surface area (TPSA) is 105 Å².